The van der Waals surface area contributed by atoms with E-state index in [0.717, 1.165) is 55.8 Å². The molecule has 34 heavy (non-hydrogen) atoms. The van der Waals surface area contributed by atoms with Crippen LogP contribution in [-0.2, 0) is 13.0 Å². The Morgan fingerprint density at radius 2 is 1.79 bits per heavy atom. The summed E-state index contributed by atoms with van der Waals surface area (Å²) >= 11 is 5.77. The van der Waals surface area contributed by atoms with Crippen LogP contribution >= 0.6 is 12.2 Å². The molecular weight excluding hydrogens is 444 g/mol. The Morgan fingerprint density at radius 1 is 1.03 bits per heavy atom. The van der Waals surface area contributed by atoms with Gasteiger partial charge in [0.05, 0.1) is 13.2 Å². The fourth-order valence-electron chi connectivity index (χ4n) is 3.93. The molecular formula is C27H36N4O2S. The number of thiocarbonyl (C=S) groups is 1. The lowest BCUT2D eigenvalue weighted by Gasteiger charge is -2.29. The maximum Gasteiger partial charge on any atom is 0.253 e. The summed E-state index contributed by atoms with van der Waals surface area (Å²) in [4.78, 5) is 20.3. The first-order valence-electron chi connectivity index (χ1n) is 12.1. The number of nitrogens with zero attached hydrogens (tertiary/aromatic N) is 2. The molecule has 1 heterocycles. The lowest BCUT2D eigenvalue weighted by Crippen LogP contribution is -2.44. The smallest absolute Gasteiger partial charge is 0.253 e. The number of H-pyrrole nitrogens is 1. The minimum absolute atomic E-state index is 0.0865. The maximum atomic E-state index is 12.9. The van der Waals surface area contributed by atoms with E-state index in [9.17, 15) is 4.79 Å². The molecule has 2 N–H and O–H groups in total. The first-order chi connectivity index (χ1) is 16.5. The summed E-state index contributed by atoms with van der Waals surface area (Å²) in [7, 11) is 0. The molecule has 0 atom stereocenters. The molecule has 7 heteroatoms. The molecule has 0 aliphatic heterocycles. The normalized spacial score (nSPS) is 11.1. The minimum atomic E-state index is -0.0865. The fourth-order valence-corrected chi connectivity index (χ4v) is 4.19. The highest BCUT2D eigenvalue weighted by atomic mass is 32.1. The van der Waals surface area contributed by atoms with Crippen molar-refractivity contribution < 1.29 is 4.74 Å². The van der Waals surface area contributed by atoms with Gasteiger partial charge >= 0.3 is 0 Å². The number of fused-ring (bicyclic) bond motifs is 1. The fraction of sp³-hybridized carbons (Fsp3) is 0.407. The standard InChI is InChI=1S/C27H36N4O2S/c1-4-30(5-2)16-17-31(27(34)28-15-14-21-10-8-7-9-11-21)20-23-18-22-19-24(33-6-3)12-13-25(22)29-26(23)32/h7-13,18-19H,4-6,14-17,20H2,1-3H3,(H,28,34)(H,29,32). The summed E-state index contributed by atoms with van der Waals surface area (Å²) in [6, 6.07) is 18.0. The average molecular weight is 481 g/mol. The molecule has 0 fully saturated rings. The second-order valence-electron chi connectivity index (χ2n) is 8.22. The molecule has 3 aromatic rings. The number of rotatable bonds is 12. The molecule has 2 aromatic carbocycles. The summed E-state index contributed by atoms with van der Waals surface area (Å²) in [6.07, 6.45) is 0.891. The van der Waals surface area contributed by atoms with Crippen molar-refractivity contribution in [1.29, 1.82) is 0 Å². The molecule has 0 amide bonds. The number of benzene rings is 2. The first-order valence-corrected chi connectivity index (χ1v) is 12.5. The predicted molar refractivity (Wildman–Crippen MR) is 145 cm³/mol. The van der Waals surface area contributed by atoms with E-state index >= 15 is 0 Å². The van der Waals surface area contributed by atoms with E-state index in [0.29, 0.717) is 23.8 Å². The molecule has 3 rings (SSSR count). The van der Waals surface area contributed by atoms with Crippen molar-refractivity contribution in [3.63, 3.8) is 0 Å². The molecule has 182 valence electrons. The number of ether oxygens (including phenoxy) is 1. The highest BCUT2D eigenvalue weighted by molar-refractivity contribution is 7.80. The van der Waals surface area contributed by atoms with Gasteiger partial charge in [-0.25, -0.2) is 0 Å². The largest absolute Gasteiger partial charge is 0.494 e. The van der Waals surface area contributed by atoms with Crippen molar-refractivity contribution in [1.82, 2.24) is 20.1 Å². The number of hydrogen-bond acceptors (Lipinski definition) is 4. The van der Waals surface area contributed by atoms with Gasteiger partial charge < -0.3 is 24.8 Å². The van der Waals surface area contributed by atoms with Crippen molar-refractivity contribution in [2.45, 2.75) is 33.7 Å². The zero-order chi connectivity index (χ0) is 24.3. The van der Waals surface area contributed by atoms with Gasteiger partial charge in [0.25, 0.3) is 5.56 Å². The molecule has 0 saturated carbocycles. The second-order valence-corrected chi connectivity index (χ2v) is 8.61. The topological polar surface area (TPSA) is 60.6 Å². The Hall–Kier alpha value is -2.90. The van der Waals surface area contributed by atoms with E-state index in [1.54, 1.807) is 0 Å². The van der Waals surface area contributed by atoms with Gasteiger partial charge in [-0.05, 0) is 68.5 Å². The van der Waals surface area contributed by atoms with Crippen molar-refractivity contribution >= 4 is 28.2 Å². The van der Waals surface area contributed by atoms with Gasteiger partial charge in [-0.15, -0.1) is 0 Å². The molecule has 0 radical (unpaired) electrons. The molecule has 0 aliphatic carbocycles. The Balaban J connectivity index is 1.76. The van der Waals surface area contributed by atoms with E-state index < -0.39 is 0 Å². The maximum absolute atomic E-state index is 12.9. The Morgan fingerprint density at radius 3 is 2.50 bits per heavy atom. The highest BCUT2D eigenvalue weighted by Crippen LogP contribution is 2.19. The zero-order valence-electron chi connectivity index (χ0n) is 20.5. The summed E-state index contributed by atoms with van der Waals surface area (Å²) in [5.41, 5.74) is 2.67. The third-order valence-corrected chi connectivity index (χ3v) is 6.37. The third-order valence-electron chi connectivity index (χ3n) is 5.97. The number of nitrogens with one attached hydrogen (secondary N) is 2. The summed E-state index contributed by atoms with van der Waals surface area (Å²) in [5, 5.41) is 5.02. The van der Waals surface area contributed by atoms with Crippen LogP contribution in [0, 0.1) is 0 Å². The van der Waals surface area contributed by atoms with Gasteiger partial charge in [-0.1, -0.05) is 44.2 Å². The monoisotopic (exact) mass is 480 g/mol. The minimum Gasteiger partial charge on any atom is -0.494 e. The lowest BCUT2D eigenvalue weighted by atomic mass is 10.1. The summed E-state index contributed by atoms with van der Waals surface area (Å²) < 4.78 is 5.64. The van der Waals surface area contributed by atoms with Gasteiger partial charge in [-0.2, -0.15) is 0 Å². The SMILES string of the molecule is CCOc1ccc2[nH]c(=O)c(CN(CCN(CC)CC)C(=S)NCCc3ccccc3)cc2c1. The van der Waals surface area contributed by atoms with Crippen LogP contribution in [0.15, 0.2) is 59.4 Å². The van der Waals surface area contributed by atoms with Crippen LogP contribution in [0.25, 0.3) is 10.9 Å². The number of pyridine rings is 1. The van der Waals surface area contributed by atoms with Gasteiger partial charge in [0, 0.05) is 36.1 Å². The first kappa shape index (κ1) is 25.7. The Labute approximate surface area is 207 Å². The van der Waals surface area contributed by atoms with Gasteiger partial charge in [0.2, 0.25) is 0 Å². The number of aromatic amines is 1. The molecule has 6 nitrogen and oxygen atoms in total. The molecule has 0 aliphatic rings. The van der Waals surface area contributed by atoms with Gasteiger partial charge in [0.15, 0.2) is 5.11 Å². The van der Waals surface area contributed by atoms with Crippen molar-refractivity contribution in [3.8, 4) is 5.75 Å². The van der Waals surface area contributed by atoms with Crippen LogP contribution in [0.2, 0.25) is 0 Å². The van der Waals surface area contributed by atoms with E-state index in [1.165, 1.54) is 5.56 Å². The lowest BCUT2D eigenvalue weighted by molar-refractivity contribution is 0.263. The average Bonchev–Trinajstić information content (AvgIpc) is 2.85. The van der Waals surface area contributed by atoms with Gasteiger partial charge in [0.1, 0.15) is 5.75 Å². The second kappa shape index (κ2) is 13.1. The zero-order valence-corrected chi connectivity index (χ0v) is 21.3. The Kier molecular flexibility index (Phi) is 9.91. The van der Waals surface area contributed by atoms with E-state index in [1.807, 2.05) is 49.4 Å². The molecule has 0 saturated heterocycles. The van der Waals surface area contributed by atoms with E-state index in [2.05, 4.69) is 46.1 Å². The van der Waals surface area contributed by atoms with Crippen molar-refractivity contribution in [2.75, 3.05) is 39.3 Å². The highest BCUT2D eigenvalue weighted by Gasteiger charge is 2.15. The summed E-state index contributed by atoms with van der Waals surface area (Å²) in [5.74, 6) is 0.796. The predicted octanol–water partition coefficient (Wildman–Crippen LogP) is 4.19. The summed E-state index contributed by atoms with van der Waals surface area (Å²) in [6.45, 7) is 11.7. The Bertz CT molecular complexity index is 1110. The molecule has 0 bridgehead atoms. The van der Waals surface area contributed by atoms with Crippen molar-refractivity contribution in [2.24, 2.45) is 0 Å². The van der Waals surface area contributed by atoms with Crippen LogP contribution in [0.4, 0.5) is 0 Å². The number of hydrogen-bond donors (Lipinski definition) is 2. The molecule has 1 aromatic heterocycles. The molecule has 0 spiro atoms. The quantitative estimate of drug-likeness (QED) is 0.379. The van der Waals surface area contributed by atoms with E-state index in [-0.39, 0.29) is 5.56 Å². The van der Waals surface area contributed by atoms with Crippen LogP contribution in [0.3, 0.4) is 0 Å². The number of aromatic nitrogens is 1. The van der Waals surface area contributed by atoms with Crippen LogP contribution in [-0.4, -0.2) is 59.2 Å². The van der Waals surface area contributed by atoms with Crippen LogP contribution in [0.1, 0.15) is 31.9 Å². The van der Waals surface area contributed by atoms with Crippen LogP contribution in [0.5, 0.6) is 5.75 Å². The molecule has 0 unspecified atom stereocenters. The third kappa shape index (κ3) is 7.30. The van der Waals surface area contributed by atoms with Gasteiger partial charge in [-0.3, -0.25) is 4.79 Å². The number of likely N-dealkylation sites (N-methyl/N-ethyl adjacent to an activating group) is 1. The van der Waals surface area contributed by atoms with E-state index in [4.69, 9.17) is 17.0 Å². The van der Waals surface area contributed by atoms with Crippen LogP contribution < -0.4 is 15.6 Å². The van der Waals surface area contributed by atoms with Crippen molar-refractivity contribution in [3.05, 3.63) is 76.1 Å².